The third kappa shape index (κ3) is 2.79. The lowest BCUT2D eigenvalue weighted by Crippen LogP contribution is -2.15. The summed E-state index contributed by atoms with van der Waals surface area (Å²) in [6, 6.07) is 5.13. The van der Waals surface area contributed by atoms with Crippen LogP contribution in [0.1, 0.15) is 26.3 Å². The van der Waals surface area contributed by atoms with Crippen LogP contribution in [0.4, 0.5) is 5.69 Å². The third-order valence-corrected chi connectivity index (χ3v) is 2.59. The van der Waals surface area contributed by atoms with Gasteiger partial charge in [0.15, 0.2) is 0 Å². The van der Waals surface area contributed by atoms with E-state index >= 15 is 0 Å². The number of nitrogens with zero attached hydrogens (tertiary/aromatic N) is 1. The van der Waals surface area contributed by atoms with Gasteiger partial charge in [0.2, 0.25) is 0 Å². The van der Waals surface area contributed by atoms with Crippen LogP contribution in [0.2, 0.25) is 0 Å². The van der Waals surface area contributed by atoms with Crippen molar-refractivity contribution >= 4 is 17.6 Å². The lowest BCUT2D eigenvalue weighted by Gasteiger charge is -2.09. The van der Waals surface area contributed by atoms with Gasteiger partial charge in [-0.3, -0.25) is 9.89 Å². The summed E-state index contributed by atoms with van der Waals surface area (Å²) in [6.45, 7) is 1.86. The van der Waals surface area contributed by atoms with Crippen molar-refractivity contribution in [2.45, 2.75) is 6.92 Å². The van der Waals surface area contributed by atoms with Crippen LogP contribution >= 0.6 is 0 Å². The highest BCUT2D eigenvalue weighted by Gasteiger charge is 2.15. The molecule has 2 rings (SSSR count). The minimum absolute atomic E-state index is 0.319. The molecule has 0 aliphatic heterocycles. The molecule has 1 aromatic carbocycles. The summed E-state index contributed by atoms with van der Waals surface area (Å²) in [7, 11) is 1.30. The van der Waals surface area contributed by atoms with Crippen molar-refractivity contribution < 1.29 is 14.3 Å². The third-order valence-electron chi connectivity index (χ3n) is 2.59. The molecule has 0 saturated carbocycles. The Morgan fingerprint density at radius 2 is 2.16 bits per heavy atom. The van der Waals surface area contributed by atoms with Gasteiger partial charge in [-0.2, -0.15) is 5.10 Å². The molecule has 0 saturated heterocycles. The van der Waals surface area contributed by atoms with Crippen LogP contribution in [-0.4, -0.2) is 29.2 Å². The molecule has 0 bridgehead atoms. The zero-order valence-corrected chi connectivity index (χ0v) is 10.6. The molecule has 0 unspecified atom stereocenters. The molecule has 2 N–H and O–H groups in total. The quantitative estimate of drug-likeness (QED) is 0.822. The van der Waals surface area contributed by atoms with E-state index < -0.39 is 5.97 Å². The second-order valence-corrected chi connectivity index (χ2v) is 3.98. The fraction of sp³-hybridized carbons (Fsp3) is 0.154. The number of anilines is 1. The van der Waals surface area contributed by atoms with Crippen molar-refractivity contribution in [1.82, 2.24) is 10.2 Å². The number of carbonyl (C=O) groups excluding carboxylic acids is 2. The molecule has 1 heterocycles. The number of aromatic nitrogens is 2. The highest BCUT2D eigenvalue weighted by Crippen LogP contribution is 2.19. The topological polar surface area (TPSA) is 84.1 Å². The van der Waals surface area contributed by atoms with Gasteiger partial charge in [0.1, 0.15) is 0 Å². The summed E-state index contributed by atoms with van der Waals surface area (Å²) in [6.07, 6.45) is 2.88. The van der Waals surface area contributed by atoms with E-state index in [1.807, 2.05) is 6.92 Å². The van der Waals surface area contributed by atoms with Gasteiger partial charge in [-0.25, -0.2) is 4.79 Å². The fourth-order valence-electron chi connectivity index (χ4n) is 1.62. The molecule has 98 valence electrons. The predicted molar refractivity (Wildman–Crippen MR) is 69.1 cm³/mol. The van der Waals surface area contributed by atoms with Crippen LogP contribution in [0, 0.1) is 6.92 Å². The smallest absolute Gasteiger partial charge is 0.339 e. The number of esters is 1. The first-order chi connectivity index (χ1) is 9.11. The average Bonchev–Trinajstić information content (AvgIpc) is 2.94. The molecular weight excluding hydrogens is 246 g/mol. The van der Waals surface area contributed by atoms with Gasteiger partial charge >= 0.3 is 5.97 Å². The summed E-state index contributed by atoms with van der Waals surface area (Å²) in [4.78, 5) is 23.6. The first-order valence-corrected chi connectivity index (χ1v) is 5.61. The maximum absolute atomic E-state index is 11.9. The van der Waals surface area contributed by atoms with Gasteiger partial charge in [-0.05, 0) is 19.1 Å². The van der Waals surface area contributed by atoms with Crippen molar-refractivity contribution in [3.8, 4) is 0 Å². The molecule has 6 nitrogen and oxygen atoms in total. The van der Waals surface area contributed by atoms with Crippen LogP contribution in [0.5, 0.6) is 0 Å². The lowest BCUT2D eigenvalue weighted by atomic mass is 10.1. The average molecular weight is 259 g/mol. The van der Waals surface area contributed by atoms with E-state index in [9.17, 15) is 9.59 Å². The number of nitrogens with one attached hydrogen (secondary N) is 2. The number of amides is 1. The second kappa shape index (κ2) is 5.34. The molecule has 0 radical (unpaired) electrons. The van der Waals surface area contributed by atoms with Crippen molar-refractivity contribution in [2.24, 2.45) is 0 Å². The molecule has 1 amide bonds. The van der Waals surface area contributed by atoms with Crippen molar-refractivity contribution in [1.29, 1.82) is 0 Å². The van der Waals surface area contributed by atoms with E-state index in [0.29, 0.717) is 16.8 Å². The SMILES string of the molecule is COC(=O)c1cc(C)ccc1NC(=O)c1cn[nH]c1. The Morgan fingerprint density at radius 1 is 1.37 bits per heavy atom. The molecule has 0 atom stereocenters. The normalized spacial score (nSPS) is 10.0. The molecule has 19 heavy (non-hydrogen) atoms. The Morgan fingerprint density at radius 3 is 2.79 bits per heavy atom. The Hall–Kier alpha value is -2.63. The number of benzene rings is 1. The minimum atomic E-state index is -0.494. The Balaban J connectivity index is 2.29. The maximum atomic E-state index is 11.9. The summed E-state index contributed by atoms with van der Waals surface area (Å²) in [5.74, 6) is -0.839. The summed E-state index contributed by atoms with van der Waals surface area (Å²) in [5, 5.41) is 8.90. The number of rotatable bonds is 3. The number of hydrogen-bond donors (Lipinski definition) is 2. The number of hydrogen-bond acceptors (Lipinski definition) is 4. The number of aromatic amines is 1. The largest absolute Gasteiger partial charge is 0.465 e. The first-order valence-electron chi connectivity index (χ1n) is 5.61. The van der Waals surface area contributed by atoms with Crippen molar-refractivity contribution in [3.05, 3.63) is 47.3 Å². The zero-order chi connectivity index (χ0) is 13.8. The number of ether oxygens (including phenoxy) is 1. The van der Waals surface area contributed by atoms with Gasteiger partial charge in [-0.15, -0.1) is 0 Å². The van der Waals surface area contributed by atoms with Gasteiger partial charge < -0.3 is 10.1 Å². The second-order valence-electron chi connectivity index (χ2n) is 3.98. The van der Waals surface area contributed by atoms with Crippen molar-refractivity contribution in [2.75, 3.05) is 12.4 Å². The molecule has 0 aliphatic rings. The zero-order valence-electron chi connectivity index (χ0n) is 10.6. The molecule has 0 fully saturated rings. The van der Waals surface area contributed by atoms with Crippen LogP contribution in [0.15, 0.2) is 30.6 Å². The minimum Gasteiger partial charge on any atom is -0.465 e. The molecule has 6 heteroatoms. The summed E-state index contributed by atoms with van der Waals surface area (Å²) >= 11 is 0. The van der Waals surface area contributed by atoms with Crippen LogP contribution in [0.25, 0.3) is 0 Å². The molecule has 1 aromatic heterocycles. The maximum Gasteiger partial charge on any atom is 0.339 e. The van der Waals surface area contributed by atoms with Gasteiger partial charge in [-0.1, -0.05) is 11.6 Å². The number of carbonyl (C=O) groups is 2. The summed E-state index contributed by atoms with van der Waals surface area (Å²) in [5.41, 5.74) is 2.01. The van der Waals surface area contributed by atoms with E-state index in [-0.39, 0.29) is 5.91 Å². The standard InChI is InChI=1S/C13H13N3O3/c1-8-3-4-11(10(5-8)13(18)19-2)16-12(17)9-6-14-15-7-9/h3-7H,1-2H3,(H,14,15)(H,16,17). The number of methoxy groups -OCH3 is 1. The van der Waals surface area contributed by atoms with E-state index in [0.717, 1.165) is 5.56 Å². The van der Waals surface area contributed by atoms with E-state index in [1.54, 1.807) is 18.2 Å². The van der Waals surface area contributed by atoms with E-state index in [1.165, 1.54) is 19.5 Å². The van der Waals surface area contributed by atoms with E-state index in [4.69, 9.17) is 4.74 Å². The van der Waals surface area contributed by atoms with Gasteiger partial charge in [0, 0.05) is 6.20 Å². The Labute approximate surface area is 109 Å². The Bertz CT molecular complexity index is 606. The van der Waals surface area contributed by atoms with Crippen molar-refractivity contribution in [3.63, 3.8) is 0 Å². The highest BCUT2D eigenvalue weighted by molar-refractivity contribution is 6.07. The first kappa shape index (κ1) is 12.8. The predicted octanol–water partition coefficient (Wildman–Crippen LogP) is 1.76. The van der Waals surface area contributed by atoms with E-state index in [2.05, 4.69) is 15.5 Å². The fourth-order valence-corrected chi connectivity index (χ4v) is 1.62. The number of H-pyrrole nitrogens is 1. The van der Waals surface area contributed by atoms with Gasteiger partial charge in [0.25, 0.3) is 5.91 Å². The van der Waals surface area contributed by atoms with Gasteiger partial charge in [0.05, 0.1) is 30.1 Å². The number of aryl methyl sites for hydroxylation is 1. The Kier molecular flexibility index (Phi) is 3.61. The molecular formula is C13H13N3O3. The molecule has 0 aliphatic carbocycles. The molecule has 2 aromatic rings. The van der Waals surface area contributed by atoms with Crippen LogP contribution in [-0.2, 0) is 4.74 Å². The highest BCUT2D eigenvalue weighted by atomic mass is 16.5. The lowest BCUT2D eigenvalue weighted by molar-refractivity contribution is 0.0602. The summed E-state index contributed by atoms with van der Waals surface area (Å²) < 4.78 is 4.70. The van der Waals surface area contributed by atoms with Crippen LogP contribution < -0.4 is 5.32 Å². The molecule has 0 spiro atoms. The van der Waals surface area contributed by atoms with Crippen LogP contribution in [0.3, 0.4) is 0 Å². The monoisotopic (exact) mass is 259 g/mol.